The maximum atomic E-state index is 12.3. The number of halogens is 2. The van der Waals surface area contributed by atoms with Crippen LogP contribution < -0.4 is 0 Å². The van der Waals surface area contributed by atoms with E-state index in [1.807, 2.05) is 0 Å². The van der Waals surface area contributed by atoms with Crippen LogP contribution in [-0.2, 0) is 0 Å². The molecule has 0 amide bonds. The van der Waals surface area contributed by atoms with Gasteiger partial charge in [0.25, 0.3) is 6.43 Å². The van der Waals surface area contributed by atoms with Crippen molar-refractivity contribution < 1.29 is 8.78 Å². The van der Waals surface area contributed by atoms with Crippen LogP contribution >= 0.6 is 0 Å². The largest absolute Gasteiger partial charge is 0.264 e. The van der Waals surface area contributed by atoms with Gasteiger partial charge in [0.1, 0.15) is 0 Å². The highest BCUT2D eigenvalue weighted by Gasteiger charge is 2.10. The average Bonchev–Trinajstić information content (AvgIpc) is 2.04. The van der Waals surface area contributed by atoms with Gasteiger partial charge in [0.05, 0.1) is 0 Å². The molecule has 64 valence electrons. The quantitative estimate of drug-likeness (QED) is 0.633. The van der Waals surface area contributed by atoms with E-state index in [4.69, 9.17) is 0 Å². The molecule has 1 aromatic rings. The first kappa shape index (κ1) is 8.91. The molecule has 1 aromatic carbocycles. The molecule has 0 spiro atoms. The highest BCUT2D eigenvalue weighted by Crippen LogP contribution is 2.24. The summed E-state index contributed by atoms with van der Waals surface area (Å²) in [5.74, 6) is 0. The molecular weight excluding hydrogens is 158 g/mol. The first-order valence-corrected chi connectivity index (χ1v) is 3.67. The molecule has 0 aliphatic rings. The lowest BCUT2D eigenvalue weighted by Gasteiger charge is -2.06. The van der Waals surface area contributed by atoms with E-state index in [0.29, 0.717) is 5.56 Å². The van der Waals surface area contributed by atoms with Crippen molar-refractivity contribution in [3.05, 3.63) is 41.5 Å². The van der Waals surface area contributed by atoms with Gasteiger partial charge in [0.2, 0.25) is 0 Å². The lowest BCUT2D eigenvalue weighted by atomic mass is 10.0. The smallest absolute Gasteiger partial charge is 0.205 e. The summed E-state index contributed by atoms with van der Waals surface area (Å²) in [7, 11) is 0. The van der Waals surface area contributed by atoms with Crippen LogP contribution in [0.5, 0.6) is 0 Å². The summed E-state index contributed by atoms with van der Waals surface area (Å²) >= 11 is 0. The fraction of sp³-hybridized carbons (Fsp3) is 0.200. The van der Waals surface area contributed by atoms with Gasteiger partial charge in [0, 0.05) is 5.56 Å². The Bertz CT molecular complexity index is 290. The minimum atomic E-state index is -2.40. The highest BCUT2D eigenvalue weighted by atomic mass is 19.3. The topological polar surface area (TPSA) is 0 Å². The number of hydrogen-bond donors (Lipinski definition) is 0. The summed E-state index contributed by atoms with van der Waals surface area (Å²) in [4.78, 5) is 0. The fourth-order valence-electron chi connectivity index (χ4n) is 1.13. The van der Waals surface area contributed by atoms with Gasteiger partial charge in [0.15, 0.2) is 0 Å². The first-order valence-electron chi connectivity index (χ1n) is 3.67. The van der Waals surface area contributed by atoms with Crippen LogP contribution in [0.15, 0.2) is 24.8 Å². The van der Waals surface area contributed by atoms with Gasteiger partial charge in [-0.05, 0) is 18.1 Å². The second-order valence-corrected chi connectivity index (χ2v) is 2.57. The van der Waals surface area contributed by atoms with E-state index in [1.54, 1.807) is 25.1 Å². The van der Waals surface area contributed by atoms with Crippen molar-refractivity contribution in [1.29, 1.82) is 0 Å². The Kier molecular flexibility index (Phi) is 2.58. The fourth-order valence-corrected chi connectivity index (χ4v) is 1.13. The van der Waals surface area contributed by atoms with Crippen LogP contribution in [-0.4, -0.2) is 0 Å². The summed E-state index contributed by atoms with van der Waals surface area (Å²) in [6, 6.07) is 4.83. The molecule has 0 radical (unpaired) electrons. The minimum absolute atomic E-state index is 0.0902. The molecule has 0 fully saturated rings. The van der Waals surface area contributed by atoms with Gasteiger partial charge in [-0.2, -0.15) is 0 Å². The molecule has 12 heavy (non-hydrogen) atoms. The Balaban J connectivity index is 3.22. The average molecular weight is 168 g/mol. The Labute approximate surface area is 70.5 Å². The van der Waals surface area contributed by atoms with E-state index < -0.39 is 6.43 Å². The summed E-state index contributed by atoms with van der Waals surface area (Å²) < 4.78 is 24.6. The van der Waals surface area contributed by atoms with Gasteiger partial charge >= 0.3 is 0 Å². The molecule has 0 heterocycles. The van der Waals surface area contributed by atoms with Gasteiger partial charge < -0.3 is 0 Å². The summed E-state index contributed by atoms with van der Waals surface area (Å²) in [5.41, 5.74) is 1.47. The van der Waals surface area contributed by atoms with Crippen molar-refractivity contribution in [3.63, 3.8) is 0 Å². The minimum Gasteiger partial charge on any atom is -0.205 e. The number of rotatable bonds is 2. The predicted octanol–water partition coefficient (Wildman–Crippen LogP) is 3.58. The molecule has 0 nitrogen and oxygen atoms in total. The van der Waals surface area contributed by atoms with E-state index in [0.717, 1.165) is 5.56 Å². The van der Waals surface area contributed by atoms with Gasteiger partial charge in [-0.3, -0.25) is 0 Å². The molecule has 0 unspecified atom stereocenters. The molecule has 0 atom stereocenters. The summed E-state index contributed by atoms with van der Waals surface area (Å²) in [6.45, 7) is 5.23. The molecule has 0 saturated carbocycles. The van der Waals surface area contributed by atoms with Crippen LogP contribution in [0.1, 0.15) is 23.1 Å². The molecular formula is C10H10F2. The van der Waals surface area contributed by atoms with Crippen molar-refractivity contribution >= 4 is 6.08 Å². The zero-order chi connectivity index (χ0) is 9.14. The van der Waals surface area contributed by atoms with Crippen LogP contribution in [0.2, 0.25) is 0 Å². The van der Waals surface area contributed by atoms with Crippen molar-refractivity contribution in [3.8, 4) is 0 Å². The summed E-state index contributed by atoms with van der Waals surface area (Å²) in [6.07, 6.45) is -0.814. The van der Waals surface area contributed by atoms with E-state index >= 15 is 0 Å². The maximum Gasteiger partial charge on any atom is 0.264 e. The standard InChI is InChI=1S/C10H10F2/c1-3-8-5-4-6-9(7(8)2)10(11)12/h3-6,10H,1H2,2H3. The molecule has 1 rings (SSSR count). The Morgan fingerprint density at radius 3 is 2.58 bits per heavy atom. The Hall–Kier alpha value is -1.18. The first-order chi connectivity index (χ1) is 5.66. The normalized spacial score (nSPS) is 10.3. The van der Waals surface area contributed by atoms with Gasteiger partial charge in [-0.1, -0.05) is 30.9 Å². The van der Waals surface area contributed by atoms with Crippen molar-refractivity contribution in [2.75, 3.05) is 0 Å². The molecule has 0 aliphatic carbocycles. The predicted molar refractivity (Wildman–Crippen MR) is 46.2 cm³/mol. The van der Waals surface area contributed by atoms with Crippen molar-refractivity contribution in [1.82, 2.24) is 0 Å². The van der Waals surface area contributed by atoms with E-state index in [1.165, 1.54) is 6.07 Å². The van der Waals surface area contributed by atoms with E-state index in [-0.39, 0.29) is 5.56 Å². The molecule has 0 bridgehead atoms. The molecule has 0 saturated heterocycles. The second kappa shape index (κ2) is 3.48. The van der Waals surface area contributed by atoms with Crippen molar-refractivity contribution in [2.45, 2.75) is 13.3 Å². The van der Waals surface area contributed by atoms with Crippen LogP contribution in [0.25, 0.3) is 6.08 Å². The van der Waals surface area contributed by atoms with Crippen LogP contribution in [0.3, 0.4) is 0 Å². The molecule has 0 aromatic heterocycles. The zero-order valence-corrected chi connectivity index (χ0v) is 6.85. The third-order valence-corrected chi connectivity index (χ3v) is 1.87. The number of benzene rings is 1. The zero-order valence-electron chi connectivity index (χ0n) is 6.85. The maximum absolute atomic E-state index is 12.3. The Morgan fingerprint density at radius 2 is 2.08 bits per heavy atom. The lowest BCUT2D eigenvalue weighted by Crippen LogP contribution is -1.91. The summed E-state index contributed by atoms with van der Waals surface area (Å²) in [5, 5.41) is 0. The molecule has 0 aliphatic heterocycles. The van der Waals surface area contributed by atoms with Crippen molar-refractivity contribution in [2.24, 2.45) is 0 Å². The molecule has 0 N–H and O–H groups in total. The molecule has 2 heteroatoms. The van der Waals surface area contributed by atoms with E-state index in [2.05, 4.69) is 6.58 Å². The van der Waals surface area contributed by atoms with Crippen LogP contribution in [0.4, 0.5) is 8.78 Å². The number of hydrogen-bond acceptors (Lipinski definition) is 0. The monoisotopic (exact) mass is 168 g/mol. The number of alkyl halides is 2. The lowest BCUT2D eigenvalue weighted by molar-refractivity contribution is 0.150. The SMILES string of the molecule is C=Cc1cccc(C(F)F)c1C. The third-order valence-electron chi connectivity index (χ3n) is 1.87. The second-order valence-electron chi connectivity index (χ2n) is 2.57. The Morgan fingerprint density at radius 1 is 1.42 bits per heavy atom. The highest BCUT2D eigenvalue weighted by molar-refractivity contribution is 5.53. The van der Waals surface area contributed by atoms with Gasteiger partial charge in [-0.25, -0.2) is 8.78 Å². The van der Waals surface area contributed by atoms with Crippen LogP contribution in [0, 0.1) is 6.92 Å². The van der Waals surface area contributed by atoms with Gasteiger partial charge in [-0.15, -0.1) is 0 Å². The third kappa shape index (κ3) is 1.52. The van der Waals surface area contributed by atoms with E-state index in [9.17, 15) is 8.78 Å².